The number of ether oxygens (including phenoxy) is 3. The molecule has 1 N–H and O–H groups in total. The van der Waals surface area contributed by atoms with Gasteiger partial charge in [0.2, 0.25) is 0 Å². The topological polar surface area (TPSA) is 80.6 Å². The number of hydrogen-bond acceptors (Lipinski definition) is 5. The predicted octanol–water partition coefficient (Wildman–Crippen LogP) is 3.94. The maximum atomic E-state index is 12.2. The van der Waals surface area contributed by atoms with Crippen LogP contribution in [0.5, 0.6) is 17.2 Å². The van der Waals surface area contributed by atoms with Gasteiger partial charge >= 0.3 is 0 Å². The zero-order valence-corrected chi connectivity index (χ0v) is 15.5. The molecule has 0 fully saturated rings. The van der Waals surface area contributed by atoms with Crippen molar-refractivity contribution in [1.82, 2.24) is 0 Å². The van der Waals surface area contributed by atoms with Crippen molar-refractivity contribution in [3.8, 4) is 23.3 Å². The Morgan fingerprint density at radius 2 is 1.96 bits per heavy atom. The Kier molecular flexibility index (Phi) is 6.70. The van der Waals surface area contributed by atoms with Crippen molar-refractivity contribution < 1.29 is 19.0 Å². The Morgan fingerprint density at radius 1 is 1.19 bits per heavy atom. The lowest BCUT2D eigenvalue weighted by Gasteiger charge is -2.14. The third-order valence-electron chi connectivity index (χ3n) is 3.49. The zero-order valence-electron chi connectivity index (χ0n) is 14.8. The highest BCUT2D eigenvalue weighted by Crippen LogP contribution is 2.31. The van der Waals surface area contributed by atoms with Gasteiger partial charge in [0.15, 0.2) is 18.1 Å². The molecule has 2 aromatic rings. The van der Waals surface area contributed by atoms with Gasteiger partial charge in [-0.15, -0.1) is 0 Å². The summed E-state index contributed by atoms with van der Waals surface area (Å²) < 4.78 is 16.2. The fraction of sp³-hybridized carbons (Fsp3) is 0.263. The van der Waals surface area contributed by atoms with Gasteiger partial charge in [0.25, 0.3) is 5.91 Å². The number of carbonyl (C=O) groups is 1. The monoisotopic (exact) mass is 374 g/mol. The Morgan fingerprint density at radius 3 is 2.62 bits per heavy atom. The van der Waals surface area contributed by atoms with Gasteiger partial charge in [-0.05, 0) is 37.6 Å². The van der Waals surface area contributed by atoms with E-state index in [4.69, 9.17) is 31.1 Å². The molecule has 7 heteroatoms. The van der Waals surface area contributed by atoms with Gasteiger partial charge in [-0.3, -0.25) is 4.79 Å². The molecule has 0 atom stereocenters. The molecule has 1 amide bonds. The van der Waals surface area contributed by atoms with Gasteiger partial charge in [-0.2, -0.15) is 5.26 Å². The van der Waals surface area contributed by atoms with Crippen LogP contribution in [0, 0.1) is 18.3 Å². The molecular weight excluding hydrogens is 356 g/mol. The Balaban J connectivity index is 2.08. The number of anilines is 1. The maximum absolute atomic E-state index is 12.2. The molecule has 136 valence electrons. The first-order chi connectivity index (χ1) is 12.5. The molecule has 0 aliphatic heterocycles. The van der Waals surface area contributed by atoms with Gasteiger partial charge < -0.3 is 19.5 Å². The second-order valence-corrected chi connectivity index (χ2v) is 5.75. The van der Waals surface area contributed by atoms with Crippen LogP contribution in [0.4, 0.5) is 5.69 Å². The molecule has 0 saturated carbocycles. The average Bonchev–Trinajstić information content (AvgIpc) is 2.63. The second kappa shape index (κ2) is 8.97. The maximum Gasteiger partial charge on any atom is 0.262 e. The molecule has 0 heterocycles. The average molecular weight is 375 g/mol. The SMILES string of the molecule is CCOc1cc(C#N)ccc1OCC(=O)Nc1cc(C)c(Cl)cc1OC. The highest BCUT2D eigenvalue weighted by molar-refractivity contribution is 6.31. The van der Waals surface area contributed by atoms with Crippen LogP contribution in [-0.2, 0) is 4.79 Å². The molecule has 26 heavy (non-hydrogen) atoms. The highest BCUT2D eigenvalue weighted by atomic mass is 35.5. The summed E-state index contributed by atoms with van der Waals surface area (Å²) in [5.74, 6) is 0.902. The van der Waals surface area contributed by atoms with E-state index in [-0.39, 0.29) is 12.5 Å². The first-order valence-corrected chi connectivity index (χ1v) is 8.30. The predicted molar refractivity (Wildman–Crippen MR) is 99.2 cm³/mol. The van der Waals surface area contributed by atoms with E-state index in [2.05, 4.69) is 5.32 Å². The van der Waals surface area contributed by atoms with Gasteiger partial charge in [-0.25, -0.2) is 0 Å². The van der Waals surface area contributed by atoms with Gasteiger partial charge in [0.1, 0.15) is 5.75 Å². The standard InChI is InChI=1S/C19H19ClN2O4/c1-4-25-18-8-13(10-21)5-6-16(18)26-11-19(23)22-15-7-12(2)14(20)9-17(15)24-3/h5-9H,4,11H2,1-3H3,(H,22,23). The summed E-state index contributed by atoms with van der Waals surface area (Å²) in [6.07, 6.45) is 0. The molecule has 2 aromatic carbocycles. The Bertz CT molecular complexity index is 846. The van der Waals surface area contributed by atoms with Crippen LogP contribution in [0.25, 0.3) is 0 Å². The number of amides is 1. The molecule has 0 bridgehead atoms. The van der Waals surface area contributed by atoms with E-state index in [0.717, 1.165) is 5.56 Å². The van der Waals surface area contributed by atoms with E-state index < -0.39 is 0 Å². The van der Waals surface area contributed by atoms with E-state index in [9.17, 15) is 4.79 Å². The Hall–Kier alpha value is -2.91. The number of aryl methyl sites for hydroxylation is 1. The molecule has 6 nitrogen and oxygen atoms in total. The van der Waals surface area contributed by atoms with Crippen LogP contribution in [0.3, 0.4) is 0 Å². The second-order valence-electron chi connectivity index (χ2n) is 5.34. The molecule has 2 rings (SSSR count). The van der Waals surface area contributed by atoms with Crippen molar-refractivity contribution in [1.29, 1.82) is 5.26 Å². The van der Waals surface area contributed by atoms with Crippen LogP contribution in [-0.4, -0.2) is 26.2 Å². The third kappa shape index (κ3) is 4.80. The van der Waals surface area contributed by atoms with Gasteiger partial charge in [0, 0.05) is 17.2 Å². The van der Waals surface area contributed by atoms with E-state index in [1.54, 1.807) is 30.3 Å². The number of methoxy groups -OCH3 is 1. The lowest BCUT2D eigenvalue weighted by atomic mass is 10.2. The summed E-state index contributed by atoms with van der Waals surface area (Å²) in [4.78, 5) is 12.2. The van der Waals surface area contributed by atoms with E-state index in [0.29, 0.717) is 40.1 Å². The van der Waals surface area contributed by atoms with Crippen molar-refractivity contribution in [3.63, 3.8) is 0 Å². The van der Waals surface area contributed by atoms with Crippen LogP contribution >= 0.6 is 11.6 Å². The van der Waals surface area contributed by atoms with Gasteiger partial charge in [-0.1, -0.05) is 11.6 Å². The number of nitrogens with one attached hydrogen (secondary N) is 1. The number of rotatable bonds is 7. The normalized spacial score (nSPS) is 9.96. The summed E-state index contributed by atoms with van der Waals surface area (Å²) in [5.41, 5.74) is 1.77. The number of nitriles is 1. The number of carbonyl (C=O) groups excluding carboxylic acids is 1. The van der Waals surface area contributed by atoms with Crippen LogP contribution < -0.4 is 19.5 Å². The molecule has 0 aliphatic rings. The van der Waals surface area contributed by atoms with E-state index in [1.165, 1.54) is 7.11 Å². The Labute approximate surface area is 157 Å². The highest BCUT2D eigenvalue weighted by Gasteiger charge is 2.13. The minimum atomic E-state index is -0.364. The smallest absolute Gasteiger partial charge is 0.262 e. The van der Waals surface area contributed by atoms with E-state index in [1.807, 2.05) is 19.9 Å². The summed E-state index contributed by atoms with van der Waals surface area (Å²) in [6, 6.07) is 10.2. The molecular formula is C19H19ClN2O4. The summed E-state index contributed by atoms with van der Waals surface area (Å²) in [5, 5.41) is 12.2. The third-order valence-corrected chi connectivity index (χ3v) is 3.89. The van der Waals surface area contributed by atoms with Crippen LogP contribution in [0.15, 0.2) is 30.3 Å². The quantitative estimate of drug-likeness (QED) is 0.793. The fourth-order valence-corrected chi connectivity index (χ4v) is 2.38. The van der Waals surface area contributed by atoms with Crippen LogP contribution in [0.1, 0.15) is 18.1 Å². The molecule has 0 aliphatic carbocycles. The lowest BCUT2D eigenvalue weighted by molar-refractivity contribution is -0.118. The van der Waals surface area contributed by atoms with Crippen LogP contribution in [0.2, 0.25) is 5.02 Å². The lowest BCUT2D eigenvalue weighted by Crippen LogP contribution is -2.21. The number of hydrogen-bond donors (Lipinski definition) is 1. The van der Waals surface area contributed by atoms with Crippen molar-refractivity contribution >= 4 is 23.2 Å². The first kappa shape index (κ1) is 19.4. The van der Waals surface area contributed by atoms with Crippen molar-refractivity contribution in [2.24, 2.45) is 0 Å². The minimum Gasteiger partial charge on any atom is -0.495 e. The minimum absolute atomic E-state index is 0.225. The molecule has 0 radical (unpaired) electrons. The fourth-order valence-electron chi connectivity index (χ4n) is 2.22. The summed E-state index contributed by atoms with van der Waals surface area (Å²) >= 11 is 6.06. The van der Waals surface area contributed by atoms with Crippen molar-refractivity contribution in [3.05, 3.63) is 46.5 Å². The molecule has 0 aromatic heterocycles. The van der Waals surface area contributed by atoms with E-state index >= 15 is 0 Å². The molecule has 0 saturated heterocycles. The van der Waals surface area contributed by atoms with Crippen molar-refractivity contribution in [2.45, 2.75) is 13.8 Å². The number of halogens is 1. The molecule has 0 spiro atoms. The first-order valence-electron chi connectivity index (χ1n) is 7.92. The zero-order chi connectivity index (χ0) is 19.1. The summed E-state index contributed by atoms with van der Waals surface area (Å²) in [7, 11) is 1.50. The van der Waals surface area contributed by atoms with Gasteiger partial charge in [0.05, 0.1) is 31.0 Å². The largest absolute Gasteiger partial charge is 0.495 e. The summed E-state index contributed by atoms with van der Waals surface area (Å²) in [6.45, 7) is 3.85. The number of nitrogens with zero attached hydrogens (tertiary/aromatic N) is 1. The number of benzene rings is 2. The van der Waals surface area contributed by atoms with Crippen molar-refractivity contribution in [2.75, 3.05) is 25.6 Å². The molecule has 0 unspecified atom stereocenters.